The van der Waals surface area contributed by atoms with Gasteiger partial charge in [0.25, 0.3) is 0 Å². The van der Waals surface area contributed by atoms with Crippen LogP contribution in [0.3, 0.4) is 0 Å². The van der Waals surface area contributed by atoms with Crippen molar-refractivity contribution in [2.24, 2.45) is 5.92 Å². The van der Waals surface area contributed by atoms with Crippen molar-refractivity contribution in [2.75, 3.05) is 30.5 Å². The average Bonchev–Trinajstić information content (AvgIpc) is 2.89. The Morgan fingerprint density at radius 2 is 1.88 bits per heavy atom. The SMILES string of the molecule is CCOC(=O)c1c(NC(=O)CCCSC)sc(C(=O)OCC(C)C)c1C. The number of anilines is 1. The Hall–Kier alpha value is -1.54. The van der Waals surface area contributed by atoms with E-state index in [1.54, 1.807) is 25.6 Å². The van der Waals surface area contributed by atoms with E-state index in [-0.39, 0.29) is 24.0 Å². The van der Waals surface area contributed by atoms with Gasteiger partial charge in [-0.25, -0.2) is 9.59 Å². The van der Waals surface area contributed by atoms with Gasteiger partial charge in [-0.1, -0.05) is 13.8 Å². The molecule has 0 aliphatic carbocycles. The van der Waals surface area contributed by atoms with E-state index in [1.165, 1.54) is 0 Å². The summed E-state index contributed by atoms with van der Waals surface area (Å²) in [5, 5.41) is 3.09. The zero-order valence-corrected chi connectivity index (χ0v) is 17.6. The van der Waals surface area contributed by atoms with E-state index in [4.69, 9.17) is 9.47 Å². The van der Waals surface area contributed by atoms with Gasteiger partial charge in [0.15, 0.2) is 0 Å². The maximum atomic E-state index is 12.3. The van der Waals surface area contributed by atoms with Crippen molar-refractivity contribution in [3.8, 4) is 0 Å². The van der Waals surface area contributed by atoms with Crippen LogP contribution in [-0.4, -0.2) is 43.1 Å². The fourth-order valence-corrected chi connectivity index (χ4v) is 3.66. The van der Waals surface area contributed by atoms with Gasteiger partial charge in [0.2, 0.25) is 5.91 Å². The monoisotopic (exact) mass is 401 g/mol. The summed E-state index contributed by atoms with van der Waals surface area (Å²) < 4.78 is 10.3. The molecule has 0 radical (unpaired) electrons. The molecule has 0 aliphatic rings. The number of thiophene rings is 1. The molecule has 8 heteroatoms. The van der Waals surface area contributed by atoms with Crippen LogP contribution < -0.4 is 5.32 Å². The predicted molar refractivity (Wildman–Crippen MR) is 106 cm³/mol. The van der Waals surface area contributed by atoms with Gasteiger partial charge in [-0.15, -0.1) is 11.3 Å². The third-order valence-corrected chi connectivity index (χ3v) is 5.25. The molecule has 0 bridgehead atoms. The Bertz CT molecular complexity index is 640. The molecule has 1 aromatic rings. The lowest BCUT2D eigenvalue weighted by molar-refractivity contribution is -0.116. The fraction of sp³-hybridized carbons (Fsp3) is 0.611. The Morgan fingerprint density at radius 3 is 2.46 bits per heavy atom. The van der Waals surface area contributed by atoms with E-state index < -0.39 is 11.9 Å². The molecule has 1 amide bonds. The summed E-state index contributed by atoms with van der Waals surface area (Å²) >= 11 is 2.73. The standard InChI is InChI=1S/C18H27NO5S2/c1-6-23-17(21)14-12(4)15(18(22)24-10-11(2)3)26-16(14)19-13(20)8-7-9-25-5/h11H,6-10H2,1-5H3,(H,19,20). The number of carbonyl (C=O) groups excluding carboxylic acids is 3. The molecule has 6 nitrogen and oxygen atoms in total. The smallest absolute Gasteiger partial charge is 0.348 e. The first kappa shape index (κ1) is 22.5. The third-order valence-electron chi connectivity index (χ3n) is 3.36. The number of rotatable bonds is 10. The molecule has 0 atom stereocenters. The van der Waals surface area contributed by atoms with Crippen molar-refractivity contribution >= 4 is 45.9 Å². The summed E-state index contributed by atoms with van der Waals surface area (Å²) in [5.41, 5.74) is 0.702. The van der Waals surface area contributed by atoms with Crippen LogP contribution in [0.1, 0.15) is 59.2 Å². The van der Waals surface area contributed by atoms with Crippen molar-refractivity contribution in [3.63, 3.8) is 0 Å². The first-order valence-electron chi connectivity index (χ1n) is 8.58. The average molecular weight is 402 g/mol. The minimum absolute atomic E-state index is 0.187. The maximum absolute atomic E-state index is 12.3. The third kappa shape index (κ3) is 6.64. The fourth-order valence-electron chi connectivity index (χ4n) is 2.12. The molecule has 1 aromatic heterocycles. The lowest BCUT2D eigenvalue weighted by atomic mass is 10.1. The molecule has 0 saturated carbocycles. The van der Waals surface area contributed by atoms with Gasteiger partial charge in [-0.3, -0.25) is 4.79 Å². The van der Waals surface area contributed by atoms with Crippen LogP contribution in [0, 0.1) is 12.8 Å². The highest BCUT2D eigenvalue weighted by Crippen LogP contribution is 2.34. The molecule has 26 heavy (non-hydrogen) atoms. The Balaban J connectivity index is 3.05. The van der Waals surface area contributed by atoms with Gasteiger partial charge in [0.05, 0.1) is 18.8 Å². The second-order valence-electron chi connectivity index (χ2n) is 6.12. The van der Waals surface area contributed by atoms with Gasteiger partial charge in [-0.05, 0) is 43.8 Å². The van der Waals surface area contributed by atoms with E-state index in [2.05, 4.69) is 5.32 Å². The van der Waals surface area contributed by atoms with Crippen LogP contribution in [0.25, 0.3) is 0 Å². The number of hydrogen-bond acceptors (Lipinski definition) is 7. The lowest BCUT2D eigenvalue weighted by Crippen LogP contribution is -2.14. The Kier molecular flexibility index (Phi) is 9.72. The molecule has 0 aliphatic heterocycles. The van der Waals surface area contributed by atoms with E-state index in [1.807, 2.05) is 20.1 Å². The highest BCUT2D eigenvalue weighted by atomic mass is 32.2. The molecule has 1 N–H and O–H groups in total. The van der Waals surface area contributed by atoms with Crippen molar-refractivity contribution in [1.82, 2.24) is 0 Å². The number of thioether (sulfide) groups is 1. The van der Waals surface area contributed by atoms with Crippen LogP contribution in [0.4, 0.5) is 5.00 Å². The molecule has 0 fully saturated rings. The summed E-state index contributed by atoms with van der Waals surface area (Å²) in [5.74, 6) is -0.139. The highest BCUT2D eigenvalue weighted by Gasteiger charge is 2.27. The molecule has 0 unspecified atom stereocenters. The van der Waals surface area contributed by atoms with Crippen molar-refractivity contribution in [2.45, 2.75) is 40.5 Å². The molecular weight excluding hydrogens is 374 g/mol. The number of esters is 2. The van der Waals surface area contributed by atoms with E-state index >= 15 is 0 Å². The first-order chi connectivity index (χ1) is 12.3. The zero-order chi connectivity index (χ0) is 19.7. The minimum atomic E-state index is -0.552. The van der Waals surface area contributed by atoms with Crippen LogP contribution in [0.15, 0.2) is 0 Å². The minimum Gasteiger partial charge on any atom is -0.462 e. The predicted octanol–water partition coefficient (Wildman–Crippen LogP) is 4.13. The van der Waals surface area contributed by atoms with Crippen LogP contribution >= 0.6 is 23.1 Å². The molecule has 0 aromatic carbocycles. The Labute approximate surface area is 163 Å². The topological polar surface area (TPSA) is 81.7 Å². The molecule has 0 saturated heterocycles. The van der Waals surface area contributed by atoms with Gasteiger partial charge in [-0.2, -0.15) is 11.8 Å². The van der Waals surface area contributed by atoms with Gasteiger partial charge in [0.1, 0.15) is 9.88 Å². The van der Waals surface area contributed by atoms with E-state index in [0.29, 0.717) is 28.5 Å². The highest BCUT2D eigenvalue weighted by molar-refractivity contribution is 7.98. The van der Waals surface area contributed by atoms with Crippen molar-refractivity contribution in [1.29, 1.82) is 0 Å². The maximum Gasteiger partial charge on any atom is 0.348 e. The number of hydrogen-bond donors (Lipinski definition) is 1. The number of amides is 1. The molecule has 0 spiro atoms. The largest absolute Gasteiger partial charge is 0.462 e. The number of carbonyl (C=O) groups is 3. The second-order valence-corrected chi connectivity index (χ2v) is 8.12. The van der Waals surface area contributed by atoms with Crippen molar-refractivity contribution < 1.29 is 23.9 Å². The molecule has 146 valence electrons. The quantitative estimate of drug-likeness (QED) is 0.469. The summed E-state index contributed by atoms with van der Waals surface area (Å²) in [6.07, 6.45) is 3.08. The summed E-state index contributed by atoms with van der Waals surface area (Å²) in [6, 6.07) is 0. The molecular formula is C18H27NO5S2. The van der Waals surface area contributed by atoms with Crippen LogP contribution in [-0.2, 0) is 14.3 Å². The van der Waals surface area contributed by atoms with Crippen molar-refractivity contribution in [3.05, 3.63) is 16.0 Å². The second kappa shape index (κ2) is 11.2. The van der Waals surface area contributed by atoms with E-state index in [9.17, 15) is 14.4 Å². The summed E-state index contributed by atoms with van der Waals surface area (Å²) in [7, 11) is 0. The zero-order valence-electron chi connectivity index (χ0n) is 16.0. The lowest BCUT2D eigenvalue weighted by Gasteiger charge is -2.07. The van der Waals surface area contributed by atoms with Gasteiger partial charge in [0, 0.05) is 6.42 Å². The van der Waals surface area contributed by atoms with Gasteiger partial charge >= 0.3 is 11.9 Å². The number of ether oxygens (including phenoxy) is 2. The molecule has 1 rings (SSSR count). The Morgan fingerprint density at radius 1 is 1.19 bits per heavy atom. The summed E-state index contributed by atoms with van der Waals surface area (Å²) in [4.78, 5) is 37.1. The normalized spacial score (nSPS) is 10.7. The van der Waals surface area contributed by atoms with E-state index in [0.717, 1.165) is 23.5 Å². The number of nitrogens with one attached hydrogen (secondary N) is 1. The molecule has 1 heterocycles. The summed E-state index contributed by atoms with van der Waals surface area (Å²) in [6.45, 7) is 7.76. The first-order valence-corrected chi connectivity index (χ1v) is 10.8. The van der Waals surface area contributed by atoms with Crippen LogP contribution in [0.5, 0.6) is 0 Å². The van der Waals surface area contributed by atoms with Gasteiger partial charge < -0.3 is 14.8 Å². The van der Waals surface area contributed by atoms with Crippen LogP contribution in [0.2, 0.25) is 0 Å².